The number of rotatable bonds is 3. The summed E-state index contributed by atoms with van der Waals surface area (Å²) in [5.74, 6) is 1.76. The fourth-order valence-electron chi connectivity index (χ4n) is 1.68. The van der Waals surface area contributed by atoms with Gasteiger partial charge in [-0.15, -0.1) is 0 Å². The summed E-state index contributed by atoms with van der Waals surface area (Å²) in [6, 6.07) is 0. The van der Waals surface area contributed by atoms with Gasteiger partial charge in [-0.3, -0.25) is 4.79 Å². The molecule has 1 saturated heterocycles. The molecule has 2 atom stereocenters. The molecule has 0 spiro atoms. The fourth-order valence-corrected chi connectivity index (χ4v) is 2.75. The summed E-state index contributed by atoms with van der Waals surface area (Å²) in [6.45, 7) is 0. The van der Waals surface area contributed by atoms with Crippen molar-refractivity contribution in [1.82, 2.24) is 0 Å². The van der Waals surface area contributed by atoms with Crippen molar-refractivity contribution in [2.24, 2.45) is 5.92 Å². The maximum Gasteiger partial charge on any atom is 0.305 e. The van der Waals surface area contributed by atoms with E-state index in [9.17, 15) is 9.18 Å². The molecule has 0 aromatic heterocycles. The van der Waals surface area contributed by atoms with Gasteiger partial charge in [0.1, 0.15) is 6.17 Å². The Morgan fingerprint density at radius 3 is 2.93 bits per heavy atom. The molecular formula is C10H17FO2S. The molecule has 0 aromatic carbocycles. The lowest BCUT2D eigenvalue weighted by atomic mass is 9.94. The first-order valence-corrected chi connectivity index (χ1v) is 6.18. The molecule has 1 fully saturated rings. The Hall–Kier alpha value is -0.250. The molecule has 0 aromatic rings. The number of halogens is 1. The van der Waals surface area contributed by atoms with Crippen molar-refractivity contribution in [2.75, 3.05) is 18.6 Å². The summed E-state index contributed by atoms with van der Waals surface area (Å²) >= 11 is 1.81. The van der Waals surface area contributed by atoms with Crippen LogP contribution < -0.4 is 0 Å². The molecule has 1 aliphatic rings. The van der Waals surface area contributed by atoms with Crippen LogP contribution in [0.25, 0.3) is 0 Å². The number of methoxy groups -OCH3 is 1. The third-order valence-electron chi connectivity index (χ3n) is 2.63. The highest BCUT2D eigenvalue weighted by Crippen LogP contribution is 2.28. The minimum Gasteiger partial charge on any atom is -0.469 e. The Balaban J connectivity index is 2.29. The third-order valence-corrected chi connectivity index (χ3v) is 3.68. The molecule has 0 saturated carbocycles. The Morgan fingerprint density at radius 2 is 2.21 bits per heavy atom. The first kappa shape index (κ1) is 11.8. The molecule has 1 heterocycles. The molecule has 14 heavy (non-hydrogen) atoms. The van der Waals surface area contributed by atoms with Gasteiger partial charge in [0.05, 0.1) is 7.11 Å². The molecule has 0 bridgehead atoms. The number of carbonyl (C=O) groups excluding carboxylic acids is 1. The van der Waals surface area contributed by atoms with Crippen molar-refractivity contribution in [2.45, 2.75) is 31.9 Å². The molecule has 0 N–H and O–H groups in total. The summed E-state index contributed by atoms with van der Waals surface area (Å²) < 4.78 is 18.0. The zero-order valence-corrected chi connectivity index (χ0v) is 9.32. The van der Waals surface area contributed by atoms with Gasteiger partial charge in [-0.25, -0.2) is 4.39 Å². The molecule has 0 amide bonds. The smallest absolute Gasteiger partial charge is 0.305 e. The maximum absolute atomic E-state index is 13.5. The van der Waals surface area contributed by atoms with Crippen LogP contribution in [0.3, 0.4) is 0 Å². The third kappa shape index (κ3) is 3.86. The first-order valence-electron chi connectivity index (χ1n) is 5.02. The van der Waals surface area contributed by atoms with E-state index in [0.29, 0.717) is 19.3 Å². The van der Waals surface area contributed by atoms with Crippen LogP contribution in [-0.4, -0.2) is 30.8 Å². The van der Waals surface area contributed by atoms with Crippen LogP contribution in [0.4, 0.5) is 4.39 Å². The summed E-state index contributed by atoms with van der Waals surface area (Å²) in [5.41, 5.74) is 0. The minimum atomic E-state index is -0.727. The zero-order chi connectivity index (χ0) is 10.4. The van der Waals surface area contributed by atoms with Gasteiger partial charge in [0, 0.05) is 6.42 Å². The van der Waals surface area contributed by atoms with E-state index in [-0.39, 0.29) is 11.9 Å². The van der Waals surface area contributed by atoms with Crippen LogP contribution in [-0.2, 0) is 9.53 Å². The van der Waals surface area contributed by atoms with Gasteiger partial charge in [-0.05, 0) is 36.7 Å². The summed E-state index contributed by atoms with van der Waals surface area (Å²) in [5, 5.41) is 0. The number of ether oxygens (including phenoxy) is 1. The molecule has 0 radical (unpaired) electrons. The quantitative estimate of drug-likeness (QED) is 0.683. The summed E-state index contributed by atoms with van der Waals surface area (Å²) in [6.07, 6.45) is 1.79. The van der Waals surface area contributed by atoms with Crippen LogP contribution in [0.5, 0.6) is 0 Å². The average Bonchev–Trinajstić information content (AvgIpc) is 2.39. The van der Waals surface area contributed by atoms with Gasteiger partial charge in [-0.1, -0.05) is 0 Å². The van der Waals surface area contributed by atoms with Gasteiger partial charge >= 0.3 is 5.97 Å². The number of esters is 1. The number of carbonyl (C=O) groups is 1. The second kappa shape index (κ2) is 6.27. The van der Waals surface area contributed by atoms with E-state index in [0.717, 1.165) is 17.9 Å². The van der Waals surface area contributed by atoms with E-state index in [1.807, 2.05) is 11.8 Å². The Bertz CT molecular complexity index is 187. The van der Waals surface area contributed by atoms with Crippen molar-refractivity contribution < 1.29 is 13.9 Å². The lowest BCUT2D eigenvalue weighted by Gasteiger charge is -2.16. The predicted octanol–water partition coefficient (Wildman–Crippen LogP) is 2.42. The largest absolute Gasteiger partial charge is 0.469 e. The number of alkyl halides is 1. The molecule has 2 nitrogen and oxygen atoms in total. The van der Waals surface area contributed by atoms with E-state index >= 15 is 0 Å². The topological polar surface area (TPSA) is 26.3 Å². The Kier molecular flexibility index (Phi) is 5.30. The Labute approximate surface area is 88.6 Å². The van der Waals surface area contributed by atoms with E-state index in [1.54, 1.807) is 0 Å². The predicted molar refractivity (Wildman–Crippen MR) is 56.2 cm³/mol. The number of thioether (sulfide) groups is 1. The number of hydrogen-bond acceptors (Lipinski definition) is 3. The Morgan fingerprint density at radius 1 is 1.50 bits per heavy atom. The maximum atomic E-state index is 13.5. The van der Waals surface area contributed by atoms with Gasteiger partial charge in [0.25, 0.3) is 0 Å². The second-order valence-electron chi connectivity index (χ2n) is 3.58. The van der Waals surface area contributed by atoms with E-state index in [4.69, 9.17) is 0 Å². The fraction of sp³-hybridized carbons (Fsp3) is 0.900. The summed E-state index contributed by atoms with van der Waals surface area (Å²) in [7, 11) is 1.37. The minimum absolute atomic E-state index is 0.0594. The lowest BCUT2D eigenvalue weighted by molar-refractivity contribution is -0.141. The lowest BCUT2D eigenvalue weighted by Crippen LogP contribution is -2.17. The van der Waals surface area contributed by atoms with E-state index < -0.39 is 6.17 Å². The zero-order valence-electron chi connectivity index (χ0n) is 8.50. The van der Waals surface area contributed by atoms with Crippen molar-refractivity contribution in [3.8, 4) is 0 Å². The standard InChI is InChI=1S/C10H17FO2S/c1-13-10(12)3-2-8-4-6-14-7-5-9(8)11/h8-9H,2-7H2,1H3/t8-,9-/m1/s1. The molecule has 1 aliphatic heterocycles. The van der Waals surface area contributed by atoms with E-state index in [2.05, 4.69) is 4.74 Å². The first-order chi connectivity index (χ1) is 6.74. The van der Waals surface area contributed by atoms with Crippen LogP contribution in [0.2, 0.25) is 0 Å². The monoisotopic (exact) mass is 220 g/mol. The highest BCUT2D eigenvalue weighted by atomic mass is 32.2. The van der Waals surface area contributed by atoms with Gasteiger partial charge < -0.3 is 4.74 Å². The van der Waals surface area contributed by atoms with Crippen molar-refractivity contribution in [1.29, 1.82) is 0 Å². The molecule has 0 aliphatic carbocycles. The van der Waals surface area contributed by atoms with Crippen molar-refractivity contribution in [3.05, 3.63) is 0 Å². The van der Waals surface area contributed by atoms with Crippen LogP contribution in [0, 0.1) is 5.92 Å². The molecule has 0 unspecified atom stereocenters. The highest BCUT2D eigenvalue weighted by molar-refractivity contribution is 7.99. The van der Waals surface area contributed by atoms with E-state index in [1.165, 1.54) is 7.11 Å². The number of hydrogen-bond donors (Lipinski definition) is 0. The summed E-state index contributed by atoms with van der Waals surface area (Å²) in [4.78, 5) is 10.9. The molecule has 1 rings (SSSR count). The molecule has 4 heteroatoms. The van der Waals surface area contributed by atoms with Gasteiger partial charge in [0.2, 0.25) is 0 Å². The normalized spacial score (nSPS) is 28.1. The van der Waals surface area contributed by atoms with Crippen LogP contribution in [0.15, 0.2) is 0 Å². The molecule has 82 valence electrons. The van der Waals surface area contributed by atoms with Gasteiger partial charge in [-0.2, -0.15) is 11.8 Å². The molecular weight excluding hydrogens is 203 g/mol. The highest BCUT2D eigenvalue weighted by Gasteiger charge is 2.23. The van der Waals surface area contributed by atoms with Crippen molar-refractivity contribution in [3.63, 3.8) is 0 Å². The van der Waals surface area contributed by atoms with Gasteiger partial charge in [0.15, 0.2) is 0 Å². The van der Waals surface area contributed by atoms with Crippen LogP contribution >= 0.6 is 11.8 Å². The van der Waals surface area contributed by atoms with Crippen molar-refractivity contribution >= 4 is 17.7 Å². The van der Waals surface area contributed by atoms with Crippen LogP contribution in [0.1, 0.15) is 25.7 Å². The average molecular weight is 220 g/mol. The SMILES string of the molecule is COC(=O)CC[C@@H]1CCSCC[C@H]1F. The second-order valence-corrected chi connectivity index (χ2v) is 4.81.